The van der Waals surface area contributed by atoms with E-state index >= 15 is 0 Å². The molecule has 2 heteroatoms. The highest BCUT2D eigenvalue weighted by Gasteiger charge is 2.16. The second-order valence-corrected chi connectivity index (χ2v) is 2.92. The molecule has 0 saturated carbocycles. The van der Waals surface area contributed by atoms with Gasteiger partial charge in [0, 0.05) is 23.9 Å². The van der Waals surface area contributed by atoms with Gasteiger partial charge < -0.3 is 11.1 Å². The first-order chi connectivity index (χ1) is 5.83. The fraction of sp³-hybridized carbons (Fsp3) is 0.100. The molecule has 0 atom stereocenters. The largest absolute Gasteiger partial charge is 0.398 e. The van der Waals surface area contributed by atoms with Crippen LogP contribution < -0.4 is 5.73 Å². The van der Waals surface area contributed by atoms with Crippen LogP contribution in [0.1, 0.15) is 11.1 Å². The van der Waals surface area contributed by atoms with E-state index in [1.807, 2.05) is 18.2 Å². The standard InChI is InChI=1S/C10H10N2/c11-6-8-5-7-3-1-2-4-9(7)10(8)12/h1-4,6,11H,5,12H2. The maximum atomic E-state index is 7.14. The highest BCUT2D eigenvalue weighted by Crippen LogP contribution is 2.27. The van der Waals surface area contributed by atoms with Gasteiger partial charge in [0.25, 0.3) is 0 Å². The van der Waals surface area contributed by atoms with Crippen LogP contribution in [-0.2, 0) is 6.42 Å². The molecule has 0 saturated heterocycles. The molecule has 0 fully saturated rings. The molecule has 0 aromatic heterocycles. The van der Waals surface area contributed by atoms with Crippen molar-refractivity contribution in [1.29, 1.82) is 5.41 Å². The van der Waals surface area contributed by atoms with E-state index in [1.54, 1.807) is 0 Å². The fourth-order valence-corrected chi connectivity index (χ4v) is 1.54. The van der Waals surface area contributed by atoms with Crippen molar-refractivity contribution in [3.8, 4) is 0 Å². The van der Waals surface area contributed by atoms with Gasteiger partial charge in [-0.2, -0.15) is 0 Å². The Kier molecular flexibility index (Phi) is 1.47. The summed E-state index contributed by atoms with van der Waals surface area (Å²) in [5, 5.41) is 7.14. The number of nitrogens with one attached hydrogen (secondary N) is 1. The van der Waals surface area contributed by atoms with E-state index in [4.69, 9.17) is 11.1 Å². The van der Waals surface area contributed by atoms with Crippen LogP contribution in [0.3, 0.4) is 0 Å². The zero-order valence-electron chi connectivity index (χ0n) is 6.67. The third kappa shape index (κ3) is 0.848. The van der Waals surface area contributed by atoms with Crippen molar-refractivity contribution in [3.05, 3.63) is 41.0 Å². The Labute approximate surface area is 71.2 Å². The first-order valence-electron chi connectivity index (χ1n) is 3.90. The number of nitrogens with two attached hydrogens (primary N) is 1. The molecule has 1 aliphatic carbocycles. The Morgan fingerprint density at radius 3 is 2.75 bits per heavy atom. The highest BCUT2D eigenvalue weighted by atomic mass is 14.6. The van der Waals surface area contributed by atoms with Gasteiger partial charge in [0.2, 0.25) is 0 Å². The van der Waals surface area contributed by atoms with Crippen LogP contribution in [0.15, 0.2) is 29.8 Å². The van der Waals surface area contributed by atoms with Gasteiger partial charge in [-0.15, -0.1) is 0 Å². The normalized spacial score (nSPS) is 14.7. The average molecular weight is 158 g/mol. The van der Waals surface area contributed by atoms with Crippen molar-refractivity contribution < 1.29 is 0 Å². The molecule has 60 valence electrons. The third-order valence-electron chi connectivity index (χ3n) is 2.21. The number of hydrogen-bond donors (Lipinski definition) is 2. The number of benzene rings is 1. The maximum Gasteiger partial charge on any atom is 0.0441 e. The van der Waals surface area contributed by atoms with E-state index < -0.39 is 0 Å². The second kappa shape index (κ2) is 2.48. The van der Waals surface area contributed by atoms with Crippen LogP contribution in [-0.4, -0.2) is 6.21 Å². The molecule has 0 spiro atoms. The van der Waals surface area contributed by atoms with E-state index in [9.17, 15) is 0 Å². The molecular weight excluding hydrogens is 148 g/mol. The lowest BCUT2D eigenvalue weighted by Crippen LogP contribution is -1.96. The second-order valence-electron chi connectivity index (χ2n) is 2.92. The van der Waals surface area contributed by atoms with Crippen LogP contribution in [0.4, 0.5) is 0 Å². The molecule has 0 heterocycles. The van der Waals surface area contributed by atoms with E-state index in [0.29, 0.717) is 0 Å². The molecule has 3 N–H and O–H groups in total. The molecule has 2 rings (SSSR count). The van der Waals surface area contributed by atoms with Gasteiger partial charge in [-0.05, 0) is 11.1 Å². The molecular formula is C10H10N2. The predicted molar refractivity (Wildman–Crippen MR) is 50.0 cm³/mol. The third-order valence-corrected chi connectivity index (χ3v) is 2.21. The maximum absolute atomic E-state index is 7.14. The average Bonchev–Trinajstić information content (AvgIpc) is 2.44. The van der Waals surface area contributed by atoms with Crippen LogP contribution in [0.25, 0.3) is 5.70 Å². The number of allylic oxidation sites excluding steroid dienone is 1. The van der Waals surface area contributed by atoms with Gasteiger partial charge in [0.1, 0.15) is 0 Å². The Bertz CT molecular complexity index is 364. The minimum Gasteiger partial charge on any atom is -0.398 e. The number of fused-ring (bicyclic) bond motifs is 1. The lowest BCUT2D eigenvalue weighted by molar-refractivity contribution is 1.27. The summed E-state index contributed by atoms with van der Waals surface area (Å²) in [6.45, 7) is 0. The molecule has 1 aromatic carbocycles. The lowest BCUT2D eigenvalue weighted by Gasteiger charge is -1.97. The molecule has 0 aliphatic heterocycles. The quantitative estimate of drug-likeness (QED) is 0.599. The van der Waals surface area contributed by atoms with Crippen molar-refractivity contribution in [2.45, 2.75) is 6.42 Å². The summed E-state index contributed by atoms with van der Waals surface area (Å²) >= 11 is 0. The molecule has 0 unspecified atom stereocenters. The SMILES string of the molecule is N=CC1=C(N)c2ccccc2C1. The Balaban J connectivity index is 2.56. The molecule has 0 radical (unpaired) electrons. The highest BCUT2D eigenvalue weighted by molar-refractivity contribution is 5.92. The van der Waals surface area contributed by atoms with Gasteiger partial charge in [0.15, 0.2) is 0 Å². The van der Waals surface area contributed by atoms with Crippen LogP contribution in [0, 0.1) is 5.41 Å². The van der Waals surface area contributed by atoms with E-state index in [2.05, 4.69) is 6.07 Å². The van der Waals surface area contributed by atoms with Crippen molar-refractivity contribution >= 4 is 11.9 Å². The molecule has 0 amide bonds. The smallest absolute Gasteiger partial charge is 0.0441 e. The van der Waals surface area contributed by atoms with Gasteiger partial charge in [-0.3, -0.25) is 0 Å². The van der Waals surface area contributed by atoms with Crippen molar-refractivity contribution in [2.24, 2.45) is 5.73 Å². The van der Waals surface area contributed by atoms with E-state index in [0.717, 1.165) is 23.3 Å². The van der Waals surface area contributed by atoms with Crippen molar-refractivity contribution in [1.82, 2.24) is 0 Å². The van der Waals surface area contributed by atoms with Gasteiger partial charge in [-0.1, -0.05) is 24.3 Å². The Morgan fingerprint density at radius 1 is 1.33 bits per heavy atom. The summed E-state index contributed by atoms with van der Waals surface area (Å²) in [6.07, 6.45) is 2.15. The summed E-state index contributed by atoms with van der Waals surface area (Å²) < 4.78 is 0. The first kappa shape index (κ1) is 7.10. The number of rotatable bonds is 1. The van der Waals surface area contributed by atoms with Crippen LogP contribution in [0.2, 0.25) is 0 Å². The molecule has 2 nitrogen and oxygen atoms in total. The first-order valence-corrected chi connectivity index (χ1v) is 3.90. The molecule has 1 aliphatic rings. The summed E-state index contributed by atoms with van der Waals surface area (Å²) in [5.74, 6) is 0. The minimum absolute atomic E-state index is 0.764. The van der Waals surface area contributed by atoms with Crippen molar-refractivity contribution in [3.63, 3.8) is 0 Å². The Morgan fingerprint density at radius 2 is 2.08 bits per heavy atom. The van der Waals surface area contributed by atoms with Crippen LogP contribution >= 0.6 is 0 Å². The van der Waals surface area contributed by atoms with Gasteiger partial charge in [-0.25, -0.2) is 0 Å². The summed E-state index contributed by atoms with van der Waals surface area (Å²) in [7, 11) is 0. The van der Waals surface area contributed by atoms with Crippen LogP contribution in [0.5, 0.6) is 0 Å². The summed E-state index contributed by atoms with van der Waals surface area (Å²) in [6, 6.07) is 8.03. The molecule has 12 heavy (non-hydrogen) atoms. The topological polar surface area (TPSA) is 49.9 Å². The van der Waals surface area contributed by atoms with E-state index in [1.165, 1.54) is 11.8 Å². The lowest BCUT2D eigenvalue weighted by atomic mass is 10.1. The predicted octanol–water partition coefficient (Wildman–Crippen LogP) is 1.56. The zero-order valence-corrected chi connectivity index (χ0v) is 6.67. The van der Waals surface area contributed by atoms with Gasteiger partial charge >= 0.3 is 0 Å². The van der Waals surface area contributed by atoms with Crippen molar-refractivity contribution in [2.75, 3.05) is 0 Å². The van der Waals surface area contributed by atoms with Gasteiger partial charge in [0.05, 0.1) is 0 Å². The summed E-state index contributed by atoms with van der Waals surface area (Å²) in [4.78, 5) is 0. The molecule has 0 bridgehead atoms. The monoisotopic (exact) mass is 158 g/mol. The minimum atomic E-state index is 0.764. The zero-order chi connectivity index (χ0) is 8.55. The summed E-state index contributed by atoms with van der Waals surface area (Å²) in [5.41, 5.74) is 9.84. The number of hydrogen-bond acceptors (Lipinski definition) is 2. The van der Waals surface area contributed by atoms with E-state index in [-0.39, 0.29) is 0 Å². The molecule has 1 aromatic rings. The fourth-order valence-electron chi connectivity index (χ4n) is 1.54. The Hall–Kier alpha value is -1.57.